The summed E-state index contributed by atoms with van der Waals surface area (Å²) in [6.07, 6.45) is 1.50. The second-order valence-corrected chi connectivity index (χ2v) is 12.4. The summed E-state index contributed by atoms with van der Waals surface area (Å²) < 4.78 is 32.1. The molecule has 3 N–H and O–H groups in total. The minimum atomic E-state index is -4.22. The van der Waals surface area contributed by atoms with Gasteiger partial charge in [-0.25, -0.2) is 9.97 Å². The van der Waals surface area contributed by atoms with Crippen molar-refractivity contribution in [2.75, 3.05) is 56.5 Å². The Hall–Kier alpha value is -2.35. The van der Waals surface area contributed by atoms with Gasteiger partial charge in [-0.1, -0.05) is 30.7 Å². The summed E-state index contributed by atoms with van der Waals surface area (Å²) >= 11 is 6.09. The molecule has 1 unspecified atom stereocenters. The summed E-state index contributed by atoms with van der Waals surface area (Å²) in [6.45, 7) is 5.72. The van der Waals surface area contributed by atoms with E-state index in [1.165, 1.54) is 6.33 Å². The molecule has 4 rings (SSSR count). The van der Waals surface area contributed by atoms with Crippen molar-refractivity contribution in [3.8, 4) is 0 Å². The predicted octanol–water partition coefficient (Wildman–Crippen LogP) is 1.67. The number of hydrogen-bond donors (Lipinski definition) is 3. The van der Waals surface area contributed by atoms with Crippen LogP contribution in [0.1, 0.15) is 55.0 Å². The molecule has 1 saturated heterocycles. The molecular weight excluding hydrogens is 546 g/mol. The molecule has 1 aliphatic carbocycles. The molecule has 11 nitrogen and oxygen atoms in total. The van der Waals surface area contributed by atoms with E-state index in [-0.39, 0.29) is 31.5 Å². The number of hydrogen-bond acceptors (Lipinski definition) is 9. The minimum Gasteiger partial charge on any atom is -0.395 e. The van der Waals surface area contributed by atoms with Gasteiger partial charge in [-0.3, -0.25) is 14.2 Å². The Bertz CT molecular complexity index is 1260. The van der Waals surface area contributed by atoms with Crippen LogP contribution in [0.4, 0.5) is 5.82 Å². The van der Waals surface area contributed by atoms with Crippen LogP contribution >= 0.6 is 11.6 Å². The summed E-state index contributed by atoms with van der Waals surface area (Å²) in [5.41, 5.74) is 2.37. The van der Waals surface area contributed by atoms with Crippen molar-refractivity contribution in [1.29, 1.82) is 0 Å². The van der Waals surface area contributed by atoms with E-state index in [2.05, 4.69) is 21.8 Å². The zero-order chi connectivity index (χ0) is 28.3. The van der Waals surface area contributed by atoms with E-state index in [4.69, 9.17) is 11.6 Å². The summed E-state index contributed by atoms with van der Waals surface area (Å²) in [7, 11) is -4.22. The zero-order valence-electron chi connectivity index (χ0n) is 22.1. The van der Waals surface area contributed by atoms with Crippen molar-refractivity contribution in [2.24, 2.45) is 0 Å². The van der Waals surface area contributed by atoms with Crippen molar-refractivity contribution in [2.45, 2.75) is 44.2 Å². The highest BCUT2D eigenvalue weighted by Gasteiger charge is 2.35. The van der Waals surface area contributed by atoms with Gasteiger partial charge in [-0.05, 0) is 37.0 Å². The number of aliphatic hydroxyl groups excluding tert-OH is 2. The first kappa shape index (κ1) is 29.6. The van der Waals surface area contributed by atoms with E-state index in [1.54, 1.807) is 41.0 Å². The number of halogens is 1. The van der Waals surface area contributed by atoms with Gasteiger partial charge >= 0.3 is 0 Å². The standard InChI is InChI=1S/C26H36ClN5O6S/c1-17-13-22(34)24-23(17)25(29-16-28-24)30-7-9-31(10-8-30)26(35)21(19-3-5-20(27)6-4-19)14-32(18(2)15-33)11-12-39(36,37)38/h3-6,16-18,21-22,33-34H,7-15H2,1-2H3,(H,36,37,38)/t17-,18?,21-,22-/m1/s1. The molecule has 2 aliphatic rings. The van der Waals surface area contributed by atoms with E-state index in [1.807, 2.05) is 0 Å². The van der Waals surface area contributed by atoms with Gasteiger partial charge in [0.1, 0.15) is 12.1 Å². The third-order valence-corrected chi connectivity index (χ3v) is 8.63. The average molecular weight is 582 g/mol. The summed E-state index contributed by atoms with van der Waals surface area (Å²) in [6, 6.07) is 6.55. The van der Waals surface area contributed by atoms with Crippen LogP contribution in [-0.4, -0.2) is 107 Å². The number of fused-ring (bicyclic) bond motifs is 1. The van der Waals surface area contributed by atoms with Crippen LogP contribution in [0.5, 0.6) is 0 Å². The number of aromatic nitrogens is 2. The lowest BCUT2D eigenvalue weighted by atomic mass is 9.95. The number of amides is 1. The van der Waals surface area contributed by atoms with E-state index in [0.29, 0.717) is 43.3 Å². The first-order chi connectivity index (χ1) is 18.5. The van der Waals surface area contributed by atoms with Crippen LogP contribution < -0.4 is 4.90 Å². The summed E-state index contributed by atoms with van der Waals surface area (Å²) in [5, 5.41) is 20.7. The number of carbonyl (C=O) groups excluding carboxylic acids is 1. The van der Waals surface area contributed by atoms with Crippen molar-refractivity contribution >= 4 is 33.4 Å². The maximum atomic E-state index is 13.9. The van der Waals surface area contributed by atoms with Gasteiger partial charge in [0.15, 0.2) is 0 Å². The second-order valence-electron chi connectivity index (χ2n) is 10.4. The number of carbonyl (C=O) groups is 1. The van der Waals surface area contributed by atoms with Gasteiger partial charge in [-0.2, -0.15) is 8.42 Å². The van der Waals surface area contributed by atoms with Crippen LogP contribution in [0.2, 0.25) is 5.02 Å². The number of rotatable bonds is 10. The quantitative estimate of drug-likeness (QED) is 0.354. The van der Waals surface area contributed by atoms with Crippen LogP contribution in [-0.2, 0) is 14.9 Å². The molecule has 0 saturated carbocycles. The first-order valence-electron chi connectivity index (χ1n) is 13.1. The molecule has 13 heteroatoms. The van der Waals surface area contributed by atoms with Gasteiger partial charge in [-0.15, -0.1) is 0 Å². The van der Waals surface area contributed by atoms with E-state index in [9.17, 15) is 28.0 Å². The third-order valence-electron chi connectivity index (χ3n) is 7.68. The van der Waals surface area contributed by atoms with Gasteiger partial charge in [0, 0.05) is 55.9 Å². The Kier molecular flexibility index (Phi) is 9.45. The Balaban J connectivity index is 1.52. The lowest BCUT2D eigenvalue weighted by molar-refractivity contribution is -0.133. The largest absolute Gasteiger partial charge is 0.395 e. The fourth-order valence-electron chi connectivity index (χ4n) is 5.41. The van der Waals surface area contributed by atoms with Crippen molar-refractivity contribution in [3.05, 3.63) is 52.4 Å². The Morgan fingerprint density at radius 1 is 1.18 bits per heavy atom. The van der Waals surface area contributed by atoms with Crippen molar-refractivity contribution < 1.29 is 28.0 Å². The van der Waals surface area contributed by atoms with Gasteiger partial charge in [0.05, 0.1) is 30.1 Å². The average Bonchev–Trinajstić information content (AvgIpc) is 3.21. The minimum absolute atomic E-state index is 0.0332. The molecule has 1 aromatic carbocycles. The van der Waals surface area contributed by atoms with Crippen LogP contribution in [0.3, 0.4) is 0 Å². The smallest absolute Gasteiger partial charge is 0.266 e. The summed E-state index contributed by atoms with van der Waals surface area (Å²) in [4.78, 5) is 28.4. The van der Waals surface area contributed by atoms with Gasteiger partial charge in [0.2, 0.25) is 5.91 Å². The van der Waals surface area contributed by atoms with Crippen molar-refractivity contribution in [3.63, 3.8) is 0 Å². The molecule has 1 fully saturated rings. The Morgan fingerprint density at radius 2 is 1.85 bits per heavy atom. The fourth-order valence-corrected chi connectivity index (χ4v) is 6.00. The lowest BCUT2D eigenvalue weighted by Gasteiger charge is -2.39. The summed E-state index contributed by atoms with van der Waals surface area (Å²) in [5.74, 6) is -0.312. The van der Waals surface area contributed by atoms with Crippen LogP contribution in [0, 0.1) is 0 Å². The molecular formula is C26H36ClN5O6S. The monoisotopic (exact) mass is 581 g/mol. The number of nitrogens with zero attached hydrogens (tertiary/aromatic N) is 5. The Morgan fingerprint density at radius 3 is 2.46 bits per heavy atom. The molecule has 1 aliphatic heterocycles. The molecule has 2 aromatic rings. The van der Waals surface area contributed by atoms with E-state index in [0.717, 1.165) is 16.9 Å². The highest BCUT2D eigenvalue weighted by Crippen LogP contribution is 2.42. The SMILES string of the molecule is CC(CO)N(CCS(=O)(=O)O)C[C@@H](C(=O)N1CCN(c2ncnc3c2[C@H](C)C[C@H]3O)CC1)c1ccc(Cl)cc1. The fraction of sp³-hybridized carbons (Fsp3) is 0.577. The lowest BCUT2D eigenvalue weighted by Crippen LogP contribution is -2.52. The highest BCUT2D eigenvalue weighted by atomic mass is 35.5. The molecule has 0 spiro atoms. The number of piperazine rings is 1. The number of benzene rings is 1. The molecule has 1 aromatic heterocycles. The first-order valence-corrected chi connectivity index (χ1v) is 15.1. The Labute approximate surface area is 234 Å². The topological polar surface area (TPSA) is 147 Å². The molecule has 214 valence electrons. The third kappa shape index (κ3) is 7.05. The highest BCUT2D eigenvalue weighted by molar-refractivity contribution is 7.85. The maximum Gasteiger partial charge on any atom is 0.266 e. The number of aliphatic hydroxyl groups is 2. The number of anilines is 1. The van der Waals surface area contributed by atoms with Crippen LogP contribution in [0.15, 0.2) is 30.6 Å². The predicted molar refractivity (Wildman–Crippen MR) is 148 cm³/mol. The molecule has 1 amide bonds. The maximum absolute atomic E-state index is 13.9. The van der Waals surface area contributed by atoms with Gasteiger partial charge in [0.25, 0.3) is 10.1 Å². The van der Waals surface area contributed by atoms with E-state index >= 15 is 0 Å². The van der Waals surface area contributed by atoms with E-state index < -0.39 is 33.9 Å². The van der Waals surface area contributed by atoms with Crippen LogP contribution in [0.25, 0.3) is 0 Å². The van der Waals surface area contributed by atoms with Crippen molar-refractivity contribution in [1.82, 2.24) is 19.8 Å². The zero-order valence-corrected chi connectivity index (χ0v) is 23.7. The molecule has 0 bridgehead atoms. The molecule has 2 heterocycles. The normalized spacial score (nSPS) is 21.2. The molecule has 4 atom stereocenters. The molecule has 39 heavy (non-hydrogen) atoms. The molecule has 0 radical (unpaired) electrons. The van der Waals surface area contributed by atoms with Gasteiger partial charge < -0.3 is 20.0 Å². The second kappa shape index (κ2) is 12.4.